The van der Waals surface area contributed by atoms with E-state index in [2.05, 4.69) is 10.2 Å². The lowest BCUT2D eigenvalue weighted by Crippen LogP contribution is -2.49. The maximum absolute atomic E-state index is 13.9. The van der Waals surface area contributed by atoms with E-state index >= 15 is 0 Å². The van der Waals surface area contributed by atoms with Gasteiger partial charge in [0, 0.05) is 31.7 Å². The highest BCUT2D eigenvalue weighted by molar-refractivity contribution is 5.90. The second-order valence-corrected chi connectivity index (χ2v) is 6.51. The first-order valence-electron chi connectivity index (χ1n) is 8.81. The summed E-state index contributed by atoms with van der Waals surface area (Å²) in [6, 6.07) is 14.3. The number of halogens is 1. The summed E-state index contributed by atoms with van der Waals surface area (Å²) in [6.07, 6.45) is 0. The summed E-state index contributed by atoms with van der Waals surface area (Å²) in [5, 5.41) is 7.88. The van der Waals surface area contributed by atoms with Gasteiger partial charge in [-0.3, -0.25) is 4.79 Å². The van der Waals surface area contributed by atoms with E-state index in [1.165, 1.54) is 6.07 Å². The van der Waals surface area contributed by atoms with Crippen molar-refractivity contribution in [2.45, 2.75) is 6.92 Å². The molecule has 0 radical (unpaired) electrons. The fraction of sp³-hybridized carbons (Fsp3) is 0.250. The van der Waals surface area contributed by atoms with Crippen molar-refractivity contribution in [1.29, 1.82) is 0 Å². The molecule has 0 atom stereocenters. The van der Waals surface area contributed by atoms with Crippen molar-refractivity contribution in [1.82, 2.24) is 15.1 Å². The normalized spacial score (nSPS) is 14.4. The predicted molar refractivity (Wildman–Crippen MR) is 99.0 cm³/mol. The lowest BCUT2D eigenvalue weighted by atomic mass is 10.1. The molecule has 0 aliphatic carbocycles. The highest BCUT2D eigenvalue weighted by Gasteiger charge is 2.27. The molecule has 3 aromatic rings. The number of para-hydroxylation sites is 1. The standard InChI is InChI=1S/C20H19FN4O2/c1-14-6-8-15(9-7-14)18-22-23-19(27-18)20(26)25-12-10-24(11-13-25)17-5-3-2-4-16(17)21/h2-9H,10-13H2,1H3. The summed E-state index contributed by atoms with van der Waals surface area (Å²) in [7, 11) is 0. The number of nitrogens with zero attached hydrogens (tertiary/aromatic N) is 4. The molecule has 0 saturated carbocycles. The number of anilines is 1. The molecule has 1 aromatic heterocycles. The Morgan fingerprint density at radius 2 is 1.70 bits per heavy atom. The number of hydrogen-bond donors (Lipinski definition) is 0. The molecule has 1 aliphatic rings. The SMILES string of the molecule is Cc1ccc(-c2nnc(C(=O)N3CCN(c4ccccc4F)CC3)o2)cc1. The van der Waals surface area contributed by atoms with Crippen LogP contribution >= 0.6 is 0 Å². The van der Waals surface area contributed by atoms with E-state index in [4.69, 9.17) is 4.42 Å². The molecule has 4 rings (SSSR count). The number of carbonyl (C=O) groups excluding carboxylic acids is 1. The number of aromatic nitrogens is 2. The van der Waals surface area contributed by atoms with Crippen molar-refractivity contribution in [3.05, 3.63) is 65.8 Å². The Labute approximate surface area is 156 Å². The van der Waals surface area contributed by atoms with Gasteiger partial charge in [0.1, 0.15) is 5.82 Å². The van der Waals surface area contributed by atoms with Gasteiger partial charge in [0.05, 0.1) is 5.69 Å². The molecular formula is C20H19FN4O2. The van der Waals surface area contributed by atoms with Crippen molar-refractivity contribution in [3.8, 4) is 11.5 Å². The van der Waals surface area contributed by atoms with E-state index in [-0.39, 0.29) is 17.6 Å². The van der Waals surface area contributed by atoms with Crippen LogP contribution in [0.4, 0.5) is 10.1 Å². The van der Waals surface area contributed by atoms with Gasteiger partial charge < -0.3 is 14.2 Å². The van der Waals surface area contributed by atoms with Crippen LogP contribution in [0.1, 0.15) is 16.2 Å². The number of piperazine rings is 1. The topological polar surface area (TPSA) is 62.5 Å². The van der Waals surface area contributed by atoms with Crippen LogP contribution < -0.4 is 4.90 Å². The number of hydrogen-bond acceptors (Lipinski definition) is 5. The Morgan fingerprint density at radius 3 is 2.41 bits per heavy atom. The fourth-order valence-corrected chi connectivity index (χ4v) is 3.12. The minimum absolute atomic E-state index is 0.0232. The Morgan fingerprint density at radius 1 is 1.00 bits per heavy atom. The van der Waals surface area contributed by atoms with Crippen molar-refractivity contribution >= 4 is 11.6 Å². The summed E-state index contributed by atoms with van der Waals surface area (Å²) < 4.78 is 19.5. The highest BCUT2D eigenvalue weighted by Crippen LogP contribution is 2.22. The smallest absolute Gasteiger partial charge is 0.311 e. The predicted octanol–water partition coefficient (Wildman–Crippen LogP) is 3.15. The summed E-state index contributed by atoms with van der Waals surface area (Å²) in [5.74, 6) is -0.251. The lowest BCUT2D eigenvalue weighted by Gasteiger charge is -2.35. The zero-order chi connectivity index (χ0) is 18.8. The molecule has 7 heteroatoms. The third kappa shape index (κ3) is 3.53. The van der Waals surface area contributed by atoms with Gasteiger partial charge in [0.2, 0.25) is 5.89 Å². The van der Waals surface area contributed by atoms with Crippen LogP contribution in [0.2, 0.25) is 0 Å². The van der Waals surface area contributed by atoms with Crippen molar-refractivity contribution in [2.24, 2.45) is 0 Å². The summed E-state index contributed by atoms with van der Waals surface area (Å²) in [5.41, 5.74) is 2.46. The third-order valence-corrected chi connectivity index (χ3v) is 4.67. The minimum Gasteiger partial charge on any atom is -0.412 e. The van der Waals surface area contributed by atoms with E-state index in [9.17, 15) is 9.18 Å². The van der Waals surface area contributed by atoms with E-state index in [0.29, 0.717) is 37.8 Å². The fourth-order valence-electron chi connectivity index (χ4n) is 3.12. The molecule has 0 bridgehead atoms. The second-order valence-electron chi connectivity index (χ2n) is 6.51. The zero-order valence-electron chi connectivity index (χ0n) is 14.9. The molecule has 0 unspecified atom stereocenters. The van der Waals surface area contributed by atoms with E-state index < -0.39 is 0 Å². The molecular weight excluding hydrogens is 347 g/mol. The van der Waals surface area contributed by atoms with Gasteiger partial charge in [0.15, 0.2) is 0 Å². The van der Waals surface area contributed by atoms with Gasteiger partial charge in [-0.15, -0.1) is 10.2 Å². The maximum Gasteiger partial charge on any atom is 0.311 e. The molecule has 0 spiro atoms. The van der Waals surface area contributed by atoms with E-state index in [1.54, 1.807) is 23.1 Å². The van der Waals surface area contributed by atoms with E-state index in [0.717, 1.165) is 11.1 Å². The Hall–Kier alpha value is -3.22. The molecule has 27 heavy (non-hydrogen) atoms. The maximum atomic E-state index is 13.9. The molecule has 138 valence electrons. The largest absolute Gasteiger partial charge is 0.412 e. The van der Waals surface area contributed by atoms with Crippen molar-refractivity contribution in [2.75, 3.05) is 31.1 Å². The minimum atomic E-state index is -0.297. The molecule has 1 aliphatic heterocycles. The monoisotopic (exact) mass is 366 g/mol. The van der Waals surface area contributed by atoms with Crippen LogP contribution in [0.25, 0.3) is 11.5 Å². The van der Waals surface area contributed by atoms with Crippen molar-refractivity contribution in [3.63, 3.8) is 0 Å². The number of rotatable bonds is 3. The van der Waals surface area contributed by atoms with Crippen LogP contribution in [0.5, 0.6) is 0 Å². The Bertz CT molecular complexity index is 947. The summed E-state index contributed by atoms with van der Waals surface area (Å²) >= 11 is 0. The zero-order valence-corrected chi connectivity index (χ0v) is 14.9. The average Bonchev–Trinajstić information content (AvgIpc) is 3.19. The quantitative estimate of drug-likeness (QED) is 0.713. The highest BCUT2D eigenvalue weighted by atomic mass is 19.1. The lowest BCUT2D eigenvalue weighted by molar-refractivity contribution is 0.0707. The van der Waals surface area contributed by atoms with Crippen LogP contribution in [-0.2, 0) is 0 Å². The average molecular weight is 366 g/mol. The van der Waals surface area contributed by atoms with Gasteiger partial charge >= 0.3 is 11.8 Å². The first kappa shape index (κ1) is 17.2. The Balaban J connectivity index is 1.43. The van der Waals surface area contributed by atoms with Gasteiger partial charge in [0.25, 0.3) is 0 Å². The third-order valence-electron chi connectivity index (χ3n) is 4.67. The number of aryl methyl sites for hydroxylation is 1. The molecule has 6 nitrogen and oxygen atoms in total. The molecule has 2 heterocycles. The van der Waals surface area contributed by atoms with Gasteiger partial charge in [-0.2, -0.15) is 0 Å². The summed E-state index contributed by atoms with van der Waals surface area (Å²) in [4.78, 5) is 16.2. The van der Waals surface area contributed by atoms with Crippen LogP contribution in [-0.4, -0.2) is 47.2 Å². The first-order chi connectivity index (χ1) is 13.1. The van der Waals surface area contributed by atoms with Gasteiger partial charge in [-0.25, -0.2) is 4.39 Å². The van der Waals surface area contributed by atoms with Crippen LogP contribution in [0.15, 0.2) is 52.9 Å². The summed E-state index contributed by atoms with van der Waals surface area (Å²) in [6.45, 7) is 4.02. The van der Waals surface area contributed by atoms with Gasteiger partial charge in [-0.05, 0) is 31.2 Å². The Kier molecular flexibility index (Phi) is 4.58. The molecule has 0 N–H and O–H groups in total. The molecule has 1 saturated heterocycles. The number of amides is 1. The molecule has 1 amide bonds. The first-order valence-corrected chi connectivity index (χ1v) is 8.81. The molecule has 2 aromatic carbocycles. The number of carbonyl (C=O) groups is 1. The van der Waals surface area contributed by atoms with Crippen LogP contribution in [0.3, 0.4) is 0 Å². The van der Waals surface area contributed by atoms with Gasteiger partial charge in [-0.1, -0.05) is 29.8 Å². The van der Waals surface area contributed by atoms with Crippen molar-refractivity contribution < 1.29 is 13.6 Å². The van der Waals surface area contributed by atoms with E-state index in [1.807, 2.05) is 36.1 Å². The van der Waals surface area contributed by atoms with Crippen LogP contribution in [0, 0.1) is 12.7 Å². The molecule has 1 fully saturated rings. The second kappa shape index (κ2) is 7.19. The number of benzene rings is 2.